The number of hydrogen-bond donors (Lipinski definition) is 3. The number of aldehydes is 1. The number of aliphatic hydroxyl groups excluding tert-OH is 1. The first-order valence-corrected chi connectivity index (χ1v) is 16.1. The third kappa shape index (κ3) is 7.53. The van der Waals surface area contributed by atoms with Crippen molar-refractivity contribution in [2.75, 3.05) is 27.2 Å². The van der Waals surface area contributed by atoms with Crippen LogP contribution in [0.4, 0.5) is 0 Å². The first kappa shape index (κ1) is 33.3. The number of pyridine rings is 1. The molecule has 2 aromatic rings. The summed E-state index contributed by atoms with van der Waals surface area (Å²) in [6, 6.07) is 12.1. The normalized spacial score (nSPS) is 22.6. The molecule has 0 spiro atoms. The van der Waals surface area contributed by atoms with E-state index < -0.39 is 17.2 Å². The van der Waals surface area contributed by atoms with Crippen LogP contribution in [0.3, 0.4) is 0 Å². The molecule has 44 heavy (non-hydrogen) atoms. The van der Waals surface area contributed by atoms with Crippen molar-refractivity contribution in [3.8, 4) is 0 Å². The van der Waals surface area contributed by atoms with E-state index >= 15 is 0 Å². The lowest BCUT2D eigenvalue weighted by molar-refractivity contribution is -0.126. The van der Waals surface area contributed by atoms with Crippen LogP contribution in [0, 0.1) is 0 Å². The molecule has 1 heterocycles. The summed E-state index contributed by atoms with van der Waals surface area (Å²) in [5.74, 6) is 0.727. The van der Waals surface area contributed by atoms with Gasteiger partial charge in [0.15, 0.2) is 0 Å². The van der Waals surface area contributed by atoms with Gasteiger partial charge in [0.1, 0.15) is 23.9 Å². The van der Waals surface area contributed by atoms with E-state index in [0.29, 0.717) is 25.9 Å². The molecule has 8 heteroatoms. The Morgan fingerprint density at radius 1 is 1.14 bits per heavy atom. The van der Waals surface area contributed by atoms with Gasteiger partial charge in [-0.1, -0.05) is 75.1 Å². The Hall–Kier alpha value is -3.62. The minimum absolute atomic E-state index is 0.0240. The van der Waals surface area contributed by atoms with Gasteiger partial charge in [0.05, 0.1) is 12.0 Å². The van der Waals surface area contributed by atoms with Crippen LogP contribution >= 0.6 is 0 Å². The molecule has 0 aliphatic heterocycles. The summed E-state index contributed by atoms with van der Waals surface area (Å²) < 4.78 is 0. The Bertz CT molecular complexity index is 1360. The molecule has 1 aromatic heterocycles. The van der Waals surface area contributed by atoms with Crippen LogP contribution in [0.2, 0.25) is 0 Å². The number of nitrogens with zero attached hydrogens (tertiary/aromatic N) is 3. The number of hydrogen-bond acceptors (Lipinski definition) is 6. The summed E-state index contributed by atoms with van der Waals surface area (Å²) in [5.41, 5.74) is 3.90. The van der Waals surface area contributed by atoms with Gasteiger partial charge < -0.3 is 20.1 Å². The van der Waals surface area contributed by atoms with Gasteiger partial charge in [-0.25, -0.2) is 0 Å². The summed E-state index contributed by atoms with van der Waals surface area (Å²) in [7, 11) is 3.61. The number of allylic oxidation sites excluding steroid dienone is 3. The van der Waals surface area contributed by atoms with Crippen molar-refractivity contribution in [3.63, 3.8) is 0 Å². The van der Waals surface area contributed by atoms with Crippen molar-refractivity contribution in [1.29, 1.82) is 0 Å². The van der Waals surface area contributed by atoms with E-state index in [9.17, 15) is 14.7 Å². The summed E-state index contributed by atoms with van der Waals surface area (Å²) in [4.78, 5) is 37.0. The second kappa shape index (κ2) is 15.4. The first-order chi connectivity index (χ1) is 21.3. The highest BCUT2D eigenvalue weighted by Crippen LogP contribution is 2.47. The zero-order valence-corrected chi connectivity index (χ0v) is 26.8. The highest BCUT2D eigenvalue weighted by Gasteiger charge is 2.46. The van der Waals surface area contributed by atoms with Crippen LogP contribution in [0.25, 0.3) is 0 Å². The van der Waals surface area contributed by atoms with Crippen LogP contribution < -0.4 is 10.6 Å². The Morgan fingerprint density at radius 3 is 2.55 bits per heavy atom. The average molecular weight is 600 g/mol. The van der Waals surface area contributed by atoms with Crippen molar-refractivity contribution in [3.05, 3.63) is 88.8 Å². The summed E-state index contributed by atoms with van der Waals surface area (Å²) in [6.45, 7) is 4.90. The first-order valence-electron chi connectivity index (χ1n) is 16.1. The third-order valence-corrected chi connectivity index (χ3v) is 9.18. The maximum atomic E-state index is 13.2. The fourth-order valence-electron chi connectivity index (χ4n) is 6.75. The number of benzene rings is 1. The van der Waals surface area contributed by atoms with Gasteiger partial charge in [0.25, 0.3) is 0 Å². The molecule has 0 radical (unpaired) electrons. The lowest BCUT2D eigenvalue weighted by Gasteiger charge is -2.33. The van der Waals surface area contributed by atoms with Crippen molar-refractivity contribution >= 4 is 18.0 Å². The molecule has 4 rings (SSSR count). The lowest BCUT2D eigenvalue weighted by Crippen LogP contribution is -2.44. The highest BCUT2D eigenvalue weighted by molar-refractivity contribution is 6.01. The molecule has 0 bridgehead atoms. The number of likely N-dealkylation sites (N-methyl/N-ethyl adjacent to an activating group) is 2. The topological polar surface area (TPSA) is 107 Å². The van der Waals surface area contributed by atoms with Gasteiger partial charge in [-0.3, -0.25) is 20.1 Å². The van der Waals surface area contributed by atoms with Gasteiger partial charge in [-0.15, -0.1) is 0 Å². The van der Waals surface area contributed by atoms with E-state index in [-0.39, 0.29) is 5.91 Å². The van der Waals surface area contributed by atoms with Crippen LogP contribution in [0.5, 0.6) is 0 Å². The number of aryl methyl sites for hydroxylation is 1. The number of nitrogens with one attached hydrogen (secondary N) is 2. The Balaban J connectivity index is 1.52. The second-order valence-electron chi connectivity index (χ2n) is 12.2. The standard InChI is InChI=1S/C36H49N5O3/c1-5-13-28-14-8-9-16-31(28)33(40-35(26-42)18-10-7-11-19-35)41(4)25-32(43)39-21-17-29-23-36(34(44)37-3,22-27(29)6-2)30-15-12-20-38-24-30/h6,8-9,12,14-17,20,24,26,32,39,43H,5,7,10-11,13,18-19,21-23,25H2,1-4H3,(H,37,44)/b27-6-,29-17-,40-33?/t32?,36-/m1/s1. The predicted molar refractivity (Wildman–Crippen MR) is 177 cm³/mol. The molecule has 2 aliphatic rings. The fourth-order valence-corrected chi connectivity index (χ4v) is 6.75. The maximum Gasteiger partial charge on any atom is 0.231 e. The second-order valence-corrected chi connectivity index (χ2v) is 12.2. The smallest absolute Gasteiger partial charge is 0.231 e. The summed E-state index contributed by atoms with van der Waals surface area (Å²) >= 11 is 0. The van der Waals surface area contributed by atoms with Gasteiger partial charge in [0, 0.05) is 38.6 Å². The van der Waals surface area contributed by atoms with E-state index in [1.807, 2.05) is 43.1 Å². The van der Waals surface area contributed by atoms with E-state index in [2.05, 4.69) is 46.8 Å². The van der Waals surface area contributed by atoms with Gasteiger partial charge in [-0.2, -0.15) is 0 Å². The predicted octanol–water partition coefficient (Wildman–Crippen LogP) is 4.87. The monoisotopic (exact) mass is 599 g/mol. The van der Waals surface area contributed by atoms with Gasteiger partial charge >= 0.3 is 0 Å². The zero-order valence-electron chi connectivity index (χ0n) is 26.8. The molecule has 2 saturated carbocycles. The fraction of sp³-hybridized carbons (Fsp3) is 0.500. The molecule has 236 valence electrons. The number of aromatic nitrogens is 1. The number of rotatable bonds is 12. The zero-order chi connectivity index (χ0) is 31.6. The lowest BCUT2D eigenvalue weighted by atomic mass is 9.78. The van der Waals surface area contributed by atoms with Gasteiger partial charge in [-0.05, 0) is 67.4 Å². The average Bonchev–Trinajstić information content (AvgIpc) is 3.44. The van der Waals surface area contributed by atoms with Crippen molar-refractivity contribution < 1.29 is 14.7 Å². The van der Waals surface area contributed by atoms with Crippen LogP contribution in [-0.4, -0.2) is 72.0 Å². The third-order valence-electron chi connectivity index (χ3n) is 9.18. The minimum atomic E-state index is -0.837. The molecule has 2 fully saturated rings. The van der Waals surface area contributed by atoms with Crippen molar-refractivity contribution in [1.82, 2.24) is 20.5 Å². The number of carbonyl (C=O) groups excluding carboxylic acids is 2. The molecule has 1 amide bonds. The quantitative estimate of drug-likeness (QED) is 0.139. The van der Waals surface area contributed by atoms with E-state index in [1.165, 1.54) is 5.56 Å². The largest absolute Gasteiger partial charge is 0.377 e. The number of carbonyl (C=O) groups is 2. The number of amides is 1. The molecule has 8 nitrogen and oxygen atoms in total. The van der Waals surface area contributed by atoms with E-state index in [1.54, 1.807) is 19.4 Å². The molecule has 1 unspecified atom stereocenters. The number of aliphatic imine (C=N–C) groups is 1. The van der Waals surface area contributed by atoms with Crippen LogP contribution in [-0.2, 0) is 21.4 Å². The van der Waals surface area contributed by atoms with Crippen LogP contribution in [0.15, 0.2) is 77.1 Å². The molecular weight excluding hydrogens is 550 g/mol. The van der Waals surface area contributed by atoms with E-state index in [0.717, 1.165) is 79.3 Å². The van der Waals surface area contributed by atoms with Crippen molar-refractivity contribution in [2.45, 2.75) is 88.8 Å². The Kier molecular flexibility index (Phi) is 11.6. The molecule has 2 aliphatic carbocycles. The molecule has 2 atom stereocenters. The summed E-state index contributed by atoms with van der Waals surface area (Å²) in [6.07, 6.45) is 15.5. The summed E-state index contributed by atoms with van der Waals surface area (Å²) in [5, 5.41) is 17.2. The highest BCUT2D eigenvalue weighted by atomic mass is 16.3. The van der Waals surface area contributed by atoms with E-state index in [4.69, 9.17) is 4.99 Å². The minimum Gasteiger partial charge on any atom is -0.377 e. The van der Waals surface area contributed by atoms with Gasteiger partial charge in [0.2, 0.25) is 5.91 Å². The van der Waals surface area contributed by atoms with Crippen molar-refractivity contribution in [2.24, 2.45) is 4.99 Å². The number of amidine groups is 1. The molecule has 1 aromatic carbocycles. The maximum absolute atomic E-state index is 13.2. The molecule has 0 saturated heterocycles. The number of aliphatic hydroxyl groups is 1. The SMILES string of the molecule is C/C=C1/C[C@](C(=O)NC)(c2cccnc2)C/C1=C/CNC(O)CN(C)C(=NC1(C=O)CCCCC1)c1ccccc1CCC. The molecule has 3 N–H and O–H groups in total. The Morgan fingerprint density at radius 2 is 1.89 bits per heavy atom. The van der Waals surface area contributed by atoms with Crippen LogP contribution in [0.1, 0.15) is 81.9 Å². The molecular formula is C36H49N5O3. The Labute approximate surface area is 262 Å².